The number of aromatic nitrogens is 3. The first-order valence-electron chi connectivity index (χ1n) is 8.73. The van der Waals surface area contributed by atoms with Crippen LogP contribution >= 0.6 is 11.3 Å². The van der Waals surface area contributed by atoms with Crippen molar-refractivity contribution in [2.75, 3.05) is 13.1 Å². The molecular weight excluding hydrogens is 324 g/mol. The Balaban J connectivity index is 1.63. The maximum absolute atomic E-state index is 12.1. The minimum atomic E-state index is 0.155. The van der Waals surface area contributed by atoms with E-state index in [0.717, 1.165) is 42.9 Å². The van der Waals surface area contributed by atoms with Gasteiger partial charge in [0, 0.05) is 24.9 Å². The summed E-state index contributed by atoms with van der Waals surface area (Å²) >= 11 is 1.67. The standard InChI is InChI=1S/C17H24N4O2S/c1-3-6-16(22)21-8-5-7-12(10-21)17-19-14(20-23-17)9-13-11-24-15(4-2)18-13/h11-12H,3-10H2,1-2H3. The smallest absolute Gasteiger partial charge is 0.231 e. The Morgan fingerprint density at radius 2 is 2.29 bits per heavy atom. The first-order chi connectivity index (χ1) is 11.7. The molecule has 6 nitrogen and oxygen atoms in total. The largest absolute Gasteiger partial charge is 0.342 e. The van der Waals surface area contributed by atoms with Crippen LogP contribution in [0.15, 0.2) is 9.90 Å². The fourth-order valence-electron chi connectivity index (χ4n) is 3.04. The van der Waals surface area contributed by atoms with Crippen LogP contribution in [-0.4, -0.2) is 39.0 Å². The quantitative estimate of drug-likeness (QED) is 0.802. The Kier molecular flexibility index (Phi) is 5.60. The van der Waals surface area contributed by atoms with Crippen LogP contribution in [0.2, 0.25) is 0 Å². The van der Waals surface area contributed by atoms with E-state index in [9.17, 15) is 4.79 Å². The van der Waals surface area contributed by atoms with Gasteiger partial charge in [-0.3, -0.25) is 4.79 Å². The summed E-state index contributed by atoms with van der Waals surface area (Å²) < 4.78 is 5.47. The van der Waals surface area contributed by atoms with Gasteiger partial charge in [-0.05, 0) is 25.7 Å². The number of rotatable bonds is 6. The molecule has 2 aromatic heterocycles. The zero-order chi connectivity index (χ0) is 16.9. The zero-order valence-corrected chi connectivity index (χ0v) is 15.1. The number of nitrogens with zero attached hydrogens (tertiary/aromatic N) is 4. The Morgan fingerprint density at radius 1 is 1.42 bits per heavy atom. The van der Waals surface area contributed by atoms with Crippen molar-refractivity contribution in [3.63, 3.8) is 0 Å². The first-order valence-corrected chi connectivity index (χ1v) is 9.61. The van der Waals surface area contributed by atoms with E-state index in [2.05, 4.69) is 27.4 Å². The van der Waals surface area contributed by atoms with Crippen molar-refractivity contribution in [1.29, 1.82) is 0 Å². The number of thiazole rings is 1. The molecule has 0 radical (unpaired) electrons. The third kappa shape index (κ3) is 4.01. The molecule has 0 saturated carbocycles. The fourth-order valence-corrected chi connectivity index (χ4v) is 3.78. The van der Waals surface area contributed by atoms with E-state index in [1.807, 2.05) is 11.8 Å². The van der Waals surface area contributed by atoms with Gasteiger partial charge in [0.2, 0.25) is 11.8 Å². The van der Waals surface area contributed by atoms with E-state index >= 15 is 0 Å². The molecule has 0 aromatic carbocycles. The third-order valence-electron chi connectivity index (χ3n) is 4.31. The first kappa shape index (κ1) is 17.1. The molecule has 1 fully saturated rings. The van der Waals surface area contributed by atoms with Crippen molar-refractivity contribution < 1.29 is 9.32 Å². The van der Waals surface area contributed by atoms with Crippen LogP contribution in [0.3, 0.4) is 0 Å². The number of aryl methyl sites for hydroxylation is 1. The van der Waals surface area contributed by atoms with Crippen LogP contribution in [-0.2, 0) is 17.6 Å². The molecule has 130 valence electrons. The molecule has 3 heterocycles. The fraction of sp³-hybridized carbons (Fsp3) is 0.647. The monoisotopic (exact) mass is 348 g/mol. The number of likely N-dealkylation sites (tertiary alicyclic amines) is 1. The third-order valence-corrected chi connectivity index (χ3v) is 5.35. The van der Waals surface area contributed by atoms with Gasteiger partial charge in [0.05, 0.1) is 23.0 Å². The molecule has 1 amide bonds. The van der Waals surface area contributed by atoms with Crippen molar-refractivity contribution in [1.82, 2.24) is 20.0 Å². The van der Waals surface area contributed by atoms with Gasteiger partial charge in [-0.2, -0.15) is 4.98 Å². The van der Waals surface area contributed by atoms with Gasteiger partial charge < -0.3 is 9.42 Å². The molecule has 3 rings (SSSR count). The Bertz CT molecular complexity index is 682. The van der Waals surface area contributed by atoms with E-state index in [-0.39, 0.29) is 11.8 Å². The summed E-state index contributed by atoms with van der Waals surface area (Å²) in [6.07, 6.45) is 5.04. The predicted molar refractivity (Wildman–Crippen MR) is 92.1 cm³/mol. The lowest BCUT2D eigenvalue weighted by molar-refractivity contribution is -0.132. The Morgan fingerprint density at radius 3 is 3.04 bits per heavy atom. The topological polar surface area (TPSA) is 72.1 Å². The molecule has 0 bridgehead atoms. The maximum Gasteiger partial charge on any atom is 0.231 e. The van der Waals surface area contributed by atoms with Crippen LogP contribution in [0, 0.1) is 0 Å². The Labute approximate surface area is 146 Å². The van der Waals surface area contributed by atoms with Gasteiger partial charge in [0.25, 0.3) is 0 Å². The van der Waals surface area contributed by atoms with Gasteiger partial charge in [-0.15, -0.1) is 11.3 Å². The molecule has 1 aliphatic rings. The lowest BCUT2D eigenvalue weighted by Gasteiger charge is -2.31. The maximum atomic E-state index is 12.1. The highest BCUT2D eigenvalue weighted by Crippen LogP contribution is 2.26. The highest BCUT2D eigenvalue weighted by atomic mass is 32.1. The Hall–Kier alpha value is -1.76. The average molecular weight is 348 g/mol. The summed E-state index contributed by atoms with van der Waals surface area (Å²) in [6.45, 7) is 5.67. The summed E-state index contributed by atoms with van der Waals surface area (Å²) in [5.41, 5.74) is 0.993. The van der Waals surface area contributed by atoms with E-state index in [1.54, 1.807) is 11.3 Å². The molecular formula is C17H24N4O2S. The summed E-state index contributed by atoms with van der Waals surface area (Å²) in [4.78, 5) is 23.1. The molecule has 2 aromatic rings. The number of piperidine rings is 1. The zero-order valence-electron chi connectivity index (χ0n) is 14.3. The summed E-state index contributed by atoms with van der Waals surface area (Å²) in [7, 11) is 0. The van der Waals surface area contributed by atoms with Crippen molar-refractivity contribution in [2.45, 2.75) is 58.3 Å². The lowest BCUT2D eigenvalue weighted by atomic mass is 9.97. The summed E-state index contributed by atoms with van der Waals surface area (Å²) in [5.74, 6) is 1.72. The second-order valence-electron chi connectivity index (χ2n) is 6.24. The summed E-state index contributed by atoms with van der Waals surface area (Å²) in [5, 5.41) is 7.29. The van der Waals surface area contributed by atoms with Crippen molar-refractivity contribution in [2.24, 2.45) is 0 Å². The molecule has 1 saturated heterocycles. The minimum Gasteiger partial charge on any atom is -0.342 e. The number of hydrogen-bond donors (Lipinski definition) is 0. The molecule has 1 aliphatic heterocycles. The second kappa shape index (κ2) is 7.88. The molecule has 0 aliphatic carbocycles. The lowest BCUT2D eigenvalue weighted by Crippen LogP contribution is -2.39. The molecule has 1 unspecified atom stereocenters. The highest BCUT2D eigenvalue weighted by molar-refractivity contribution is 7.09. The molecule has 24 heavy (non-hydrogen) atoms. The van der Waals surface area contributed by atoms with Crippen LogP contribution in [0.4, 0.5) is 0 Å². The van der Waals surface area contributed by atoms with Gasteiger partial charge in [0.1, 0.15) is 0 Å². The van der Waals surface area contributed by atoms with Crippen molar-refractivity contribution >= 4 is 17.2 Å². The van der Waals surface area contributed by atoms with Crippen molar-refractivity contribution in [3.8, 4) is 0 Å². The second-order valence-corrected chi connectivity index (χ2v) is 7.18. The van der Waals surface area contributed by atoms with Gasteiger partial charge in [-0.25, -0.2) is 4.98 Å². The van der Waals surface area contributed by atoms with Gasteiger partial charge in [-0.1, -0.05) is 19.0 Å². The molecule has 1 atom stereocenters. The molecule has 0 spiro atoms. The number of carbonyl (C=O) groups excluding carboxylic acids is 1. The van der Waals surface area contributed by atoms with Crippen LogP contribution in [0.5, 0.6) is 0 Å². The summed E-state index contributed by atoms with van der Waals surface area (Å²) in [6, 6.07) is 0. The van der Waals surface area contributed by atoms with Gasteiger partial charge >= 0.3 is 0 Å². The van der Waals surface area contributed by atoms with E-state index in [0.29, 0.717) is 31.1 Å². The van der Waals surface area contributed by atoms with E-state index in [1.165, 1.54) is 0 Å². The van der Waals surface area contributed by atoms with Crippen LogP contribution in [0.25, 0.3) is 0 Å². The molecule has 7 heteroatoms. The van der Waals surface area contributed by atoms with Gasteiger partial charge in [0.15, 0.2) is 5.82 Å². The van der Waals surface area contributed by atoms with Crippen molar-refractivity contribution in [3.05, 3.63) is 27.8 Å². The normalized spacial score (nSPS) is 18.1. The van der Waals surface area contributed by atoms with E-state index in [4.69, 9.17) is 4.52 Å². The minimum absolute atomic E-state index is 0.155. The van der Waals surface area contributed by atoms with Crippen LogP contribution < -0.4 is 0 Å². The number of hydrogen-bond acceptors (Lipinski definition) is 6. The predicted octanol–water partition coefficient (Wildman–Crippen LogP) is 3.19. The average Bonchev–Trinajstić information content (AvgIpc) is 3.25. The molecule has 0 N–H and O–H groups in total. The van der Waals surface area contributed by atoms with Crippen LogP contribution in [0.1, 0.15) is 67.9 Å². The number of carbonyl (C=O) groups is 1. The number of amides is 1. The SMILES string of the molecule is CCCC(=O)N1CCCC(c2nc(Cc3csc(CC)n3)no2)C1. The van der Waals surface area contributed by atoms with E-state index < -0.39 is 0 Å². The highest BCUT2D eigenvalue weighted by Gasteiger charge is 2.28.